The fourth-order valence-corrected chi connectivity index (χ4v) is 6.06. The molecule has 0 bridgehead atoms. The van der Waals surface area contributed by atoms with Gasteiger partial charge in [0, 0.05) is 30.1 Å². The Morgan fingerprint density at radius 1 is 0.921 bits per heavy atom. The van der Waals surface area contributed by atoms with E-state index in [9.17, 15) is 9.59 Å². The molecule has 0 spiro atoms. The van der Waals surface area contributed by atoms with Gasteiger partial charge >= 0.3 is 0 Å². The number of carbonyl (C=O) groups is 2. The number of amides is 2. The number of anilines is 2. The van der Waals surface area contributed by atoms with Gasteiger partial charge in [-0.2, -0.15) is 0 Å². The number of para-hydroxylation sites is 1. The molecule has 202 valence electrons. The minimum atomic E-state index is -0.225. The summed E-state index contributed by atoms with van der Waals surface area (Å²) in [6.07, 6.45) is 9.95. The number of thioether (sulfide) groups is 1. The van der Waals surface area contributed by atoms with Crippen molar-refractivity contribution in [1.29, 1.82) is 0 Å². The Morgan fingerprint density at radius 3 is 2.34 bits per heavy atom. The maximum Gasteiger partial charge on any atom is 0.255 e. The molecule has 7 heteroatoms. The van der Waals surface area contributed by atoms with Crippen molar-refractivity contribution in [3.05, 3.63) is 71.4 Å². The molecule has 2 aliphatic heterocycles. The van der Waals surface area contributed by atoms with Crippen LogP contribution in [0.5, 0.6) is 0 Å². The number of amidine groups is 1. The molecule has 2 aliphatic rings. The molecule has 0 radical (unpaired) electrons. The Balaban J connectivity index is 1.43. The third-order valence-electron chi connectivity index (χ3n) is 7.05. The molecule has 2 amide bonds. The molecule has 0 aliphatic carbocycles. The quantitative estimate of drug-likeness (QED) is 0.277. The second kappa shape index (κ2) is 14.2. The molecular formula is C31H40N4O2S. The average molecular weight is 533 g/mol. The number of nitrogens with zero attached hydrogens (tertiary/aromatic N) is 2. The lowest BCUT2D eigenvalue weighted by atomic mass is 9.93. The first-order valence-corrected chi connectivity index (χ1v) is 15.0. The third kappa shape index (κ3) is 7.50. The Kier molecular flexibility index (Phi) is 10.4. The van der Waals surface area contributed by atoms with Crippen LogP contribution in [0.3, 0.4) is 0 Å². The topological polar surface area (TPSA) is 73.8 Å². The van der Waals surface area contributed by atoms with Crippen LogP contribution >= 0.6 is 11.8 Å². The van der Waals surface area contributed by atoms with Gasteiger partial charge in [-0.3, -0.25) is 9.59 Å². The van der Waals surface area contributed by atoms with Crippen LogP contribution in [0.4, 0.5) is 11.4 Å². The van der Waals surface area contributed by atoms with E-state index in [2.05, 4.69) is 22.5 Å². The van der Waals surface area contributed by atoms with Crippen LogP contribution in [0, 0.1) is 0 Å². The number of unbranched alkanes of at least 4 members (excludes halogenated alkanes) is 6. The highest BCUT2D eigenvalue weighted by Gasteiger charge is 2.37. The van der Waals surface area contributed by atoms with Crippen LogP contribution in [0.2, 0.25) is 0 Å². The number of hydrogen-bond acceptors (Lipinski definition) is 5. The molecule has 0 saturated carbocycles. The molecule has 6 nitrogen and oxygen atoms in total. The number of carbonyl (C=O) groups excluding carboxylic acids is 2. The van der Waals surface area contributed by atoms with Crippen molar-refractivity contribution in [3.8, 4) is 0 Å². The molecule has 2 aromatic rings. The molecule has 2 aromatic carbocycles. The van der Waals surface area contributed by atoms with Gasteiger partial charge in [0.05, 0.1) is 17.3 Å². The second-order valence-corrected chi connectivity index (χ2v) is 11.1. The zero-order valence-corrected chi connectivity index (χ0v) is 23.5. The Bertz CT molecular complexity index is 1140. The minimum absolute atomic E-state index is 0.0597. The molecule has 2 heterocycles. The highest BCUT2D eigenvalue weighted by Crippen LogP contribution is 2.40. The summed E-state index contributed by atoms with van der Waals surface area (Å²) in [6.45, 7) is 5.00. The van der Waals surface area contributed by atoms with E-state index < -0.39 is 0 Å². The van der Waals surface area contributed by atoms with Crippen molar-refractivity contribution < 1.29 is 9.59 Å². The van der Waals surface area contributed by atoms with Crippen molar-refractivity contribution in [3.63, 3.8) is 0 Å². The maximum atomic E-state index is 13.5. The van der Waals surface area contributed by atoms with Crippen molar-refractivity contribution in [2.24, 2.45) is 4.99 Å². The Hall–Kier alpha value is -3.06. The lowest BCUT2D eigenvalue weighted by molar-refractivity contribution is -0.116. The van der Waals surface area contributed by atoms with Gasteiger partial charge in [0.25, 0.3) is 5.91 Å². The average Bonchev–Trinajstić information content (AvgIpc) is 2.93. The van der Waals surface area contributed by atoms with Crippen LogP contribution in [0.25, 0.3) is 0 Å². The second-order valence-electron chi connectivity index (χ2n) is 10.1. The number of aliphatic imine (C=N–C) groups is 1. The Morgan fingerprint density at radius 2 is 1.61 bits per heavy atom. The predicted octanol–water partition coefficient (Wildman–Crippen LogP) is 7.53. The van der Waals surface area contributed by atoms with E-state index >= 15 is 0 Å². The zero-order valence-electron chi connectivity index (χ0n) is 22.7. The first-order valence-electron chi connectivity index (χ1n) is 14.0. The fraction of sp³-hybridized carbons (Fsp3) is 0.452. The lowest BCUT2D eigenvalue weighted by Gasteiger charge is -2.40. The highest BCUT2D eigenvalue weighted by atomic mass is 32.2. The molecule has 1 unspecified atom stereocenters. The molecule has 4 rings (SSSR count). The fourth-order valence-electron chi connectivity index (χ4n) is 5.04. The number of benzene rings is 2. The molecule has 38 heavy (non-hydrogen) atoms. The predicted molar refractivity (Wildman–Crippen MR) is 159 cm³/mol. The molecular weight excluding hydrogens is 492 g/mol. The van der Waals surface area contributed by atoms with Gasteiger partial charge in [-0.15, -0.1) is 0 Å². The van der Waals surface area contributed by atoms with Crippen LogP contribution < -0.4 is 10.6 Å². The molecule has 0 aromatic heterocycles. The van der Waals surface area contributed by atoms with Gasteiger partial charge < -0.3 is 15.5 Å². The summed E-state index contributed by atoms with van der Waals surface area (Å²) in [4.78, 5) is 33.1. The lowest BCUT2D eigenvalue weighted by Crippen LogP contribution is -2.43. The molecule has 1 fully saturated rings. The summed E-state index contributed by atoms with van der Waals surface area (Å²) in [5, 5.41) is 7.07. The summed E-state index contributed by atoms with van der Waals surface area (Å²) in [7, 11) is 0. The van der Waals surface area contributed by atoms with E-state index in [0.29, 0.717) is 12.0 Å². The van der Waals surface area contributed by atoms with Crippen molar-refractivity contribution in [2.75, 3.05) is 22.9 Å². The zero-order chi connectivity index (χ0) is 26.7. The van der Waals surface area contributed by atoms with E-state index in [0.717, 1.165) is 59.4 Å². The summed E-state index contributed by atoms with van der Waals surface area (Å²) in [5.74, 6) is 0.957. The Labute approximate surface area is 231 Å². The maximum absolute atomic E-state index is 13.5. The normalized spacial score (nSPS) is 17.1. The van der Waals surface area contributed by atoms with Crippen molar-refractivity contribution in [2.45, 2.75) is 77.7 Å². The number of hydrogen-bond donors (Lipinski definition) is 2. The van der Waals surface area contributed by atoms with Crippen LogP contribution in [0.1, 0.15) is 83.2 Å². The van der Waals surface area contributed by atoms with Gasteiger partial charge in [0.15, 0.2) is 5.17 Å². The van der Waals surface area contributed by atoms with E-state index in [1.165, 1.54) is 32.1 Å². The van der Waals surface area contributed by atoms with Gasteiger partial charge in [0.2, 0.25) is 5.91 Å². The van der Waals surface area contributed by atoms with Crippen molar-refractivity contribution >= 4 is 40.1 Å². The van der Waals surface area contributed by atoms with E-state index in [-0.39, 0.29) is 17.9 Å². The molecule has 2 N–H and O–H groups in total. The minimum Gasteiger partial charge on any atom is -0.340 e. The van der Waals surface area contributed by atoms with Crippen LogP contribution in [-0.2, 0) is 9.59 Å². The van der Waals surface area contributed by atoms with Crippen LogP contribution in [-0.4, -0.2) is 34.2 Å². The summed E-state index contributed by atoms with van der Waals surface area (Å²) in [6, 6.07) is 17.3. The number of fused-ring (bicyclic) bond motifs is 1. The first kappa shape index (κ1) is 28.0. The van der Waals surface area contributed by atoms with Crippen LogP contribution in [0.15, 0.2) is 70.9 Å². The van der Waals surface area contributed by atoms with Gasteiger partial charge in [-0.25, -0.2) is 4.99 Å². The summed E-state index contributed by atoms with van der Waals surface area (Å²) < 4.78 is 0. The molecule has 1 saturated heterocycles. The van der Waals surface area contributed by atoms with E-state index in [1.54, 1.807) is 11.8 Å². The number of nitrogens with one attached hydrogen (secondary N) is 2. The van der Waals surface area contributed by atoms with E-state index in [4.69, 9.17) is 4.99 Å². The van der Waals surface area contributed by atoms with Gasteiger partial charge in [0.1, 0.15) is 0 Å². The SMILES string of the molecule is CCCCCCCCCC(=O)Nc1ccc(C2C(C(=O)Nc3ccccc3)=C(C)N=C3SCCCN32)cc1. The summed E-state index contributed by atoms with van der Waals surface area (Å²) >= 11 is 1.75. The first-order chi connectivity index (χ1) is 18.6. The third-order valence-corrected chi connectivity index (χ3v) is 8.13. The highest BCUT2D eigenvalue weighted by molar-refractivity contribution is 8.13. The molecule has 1 atom stereocenters. The van der Waals surface area contributed by atoms with E-state index in [1.807, 2.05) is 61.5 Å². The number of allylic oxidation sites excluding steroid dienone is 1. The van der Waals surface area contributed by atoms with Gasteiger partial charge in [-0.05, 0) is 49.6 Å². The standard InChI is InChI=1S/C31H40N4O2S/c1-3-4-5-6-7-8-12-16-27(36)33-26-19-17-24(18-20-26)29-28(30(37)34-25-14-10-9-11-15-25)23(2)32-31-35(29)21-13-22-38-31/h9-11,14-15,17-20,29H,3-8,12-13,16,21-22H2,1-2H3,(H,33,36)(H,34,37). The smallest absolute Gasteiger partial charge is 0.255 e. The largest absolute Gasteiger partial charge is 0.340 e. The number of rotatable bonds is 12. The summed E-state index contributed by atoms with van der Waals surface area (Å²) in [5.41, 5.74) is 3.98. The van der Waals surface area contributed by atoms with Gasteiger partial charge in [-0.1, -0.05) is 87.5 Å². The van der Waals surface area contributed by atoms with Crippen molar-refractivity contribution in [1.82, 2.24) is 4.90 Å². The monoisotopic (exact) mass is 532 g/mol.